The highest BCUT2D eigenvalue weighted by molar-refractivity contribution is 6.30. The van der Waals surface area contributed by atoms with Gasteiger partial charge in [0.2, 0.25) is 0 Å². The number of nitrogens with one attached hydrogen (secondary N) is 1. The number of hydrogen-bond donors (Lipinski definition) is 1. The number of H-pyrrole nitrogens is 1. The number of aromatic nitrogens is 4. The summed E-state index contributed by atoms with van der Waals surface area (Å²) in [6.45, 7) is 0.704. The van der Waals surface area contributed by atoms with Crippen molar-refractivity contribution in [1.82, 2.24) is 24.8 Å². The highest BCUT2D eigenvalue weighted by Gasteiger charge is 2.26. The zero-order valence-corrected chi connectivity index (χ0v) is 14.4. The van der Waals surface area contributed by atoms with Crippen LogP contribution in [0.3, 0.4) is 0 Å². The third-order valence-corrected chi connectivity index (χ3v) is 4.48. The summed E-state index contributed by atoms with van der Waals surface area (Å²) in [5, 5.41) is 0.473. The molecule has 0 bridgehead atoms. The van der Waals surface area contributed by atoms with Crippen LogP contribution in [-0.4, -0.2) is 37.3 Å². The van der Waals surface area contributed by atoms with E-state index in [-0.39, 0.29) is 18.0 Å². The van der Waals surface area contributed by atoms with Gasteiger partial charge in [-0.2, -0.15) is 0 Å². The minimum Gasteiger partial charge on any atom is -0.331 e. The number of fused-ring (bicyclic) bond motifs is 1. The molecular formula is C18H14ClN5O2. The summed E-state index contributed by atoms with van der Waals surface area (Å²) in [6.07, 6.45) is 5.17. The first kappa shape index (κ1) is 16.4. The van der Waals surface area contributed by atoms with Crippen molar-refractivity contribution in [2.45, 2.75) is 13.0 Å². The first-order valence-corrected chi connectivity index (χ1v) is 8.43. The van der Waals surface area contributed by atoms with Gasteiger partial charge >= 0.3 is 0 Å². The summed E-state index contributed by atoms with van der Waals surface area (Å²) in [4.78, 5) is 42.1. The lowest BCUT2D eigenvalue weighted by Crippen LogP contribution is -2.39. The van der Waals surface area contributed by atoms with Gasteiger partial charge in [0.25, 0.3) is 11.5 Å². The Kier molecular flexibility index (Phi) is 4.22. The monoisotopic (exact) mass is 367 g/mol. The molecule has 3 aromatic rings. The van der Waals surface area contributed by atoms with Crippen molar-refractivity contribution < 1.29 is 4.79 Å². The van der Waals surface area contributed by atoms with Crippen LogP contribution in [0.2, 0.25) is 5.02 Å². The average Bonchev–Trinajstić information content (AvgIpc) is 2.68. The average molecular weight is 368 g/mol. The van der Waals surface area contributed by atoms with Gasteiger partial charge in [0.05, 0.1) is 17.3 Å². The number of hydrogen-bond acceptors (Lipinski definition) is 5. The Morgan fingerprint density at radius 3 is 2.73 bits per heavy atom. The lowest BCUT2D eigenvalue weighted by molar-refractivity contribution is 0.0725. The van der Waals surface area contributed by atoms with E-state index in [1.54, 1.807) is 41.6 Å². The van der Waals surface area contributed by atoms with Gasteiger partial charge in [0, 0.05) is 36.3 Å². The van der Waals surface area contributed by atoms with Gasteiger partial charge < -0.3 is 9.88 Å². The van der Waals surface area contributed by atoms with Crippen molar-refractivity contribution in [3.8, 4) is 11.4 Å². The molecule has 0 fully saturated rings. The highest BCUT2D eigenvalue weighted by Crippen LogP contribution is 2.19. The summed E-state index contributed by atoms with van der Waals surface area (Å²) in [7, 11) is 0. The topological polar surface area (TPSA) is 91.8 Å². The molecule has 7 nitrogen and oxygen atoms in total. The predicted molar refractivity (Wildman–Crippen MR) is 95.8 cm³/mol. The van der Waals surface area contributed by atoms with Crippen LogP contribution in [0.5, 0.6) is 0 Å². The maximum atomic E-state index is 12.7. The van der Waals surface area contributed by atoms with Gasteiger partial charge in [-0.1, -0.05) is 11.6 Å². The first-order chi connectivity index (χ1) is 12.6. The molecule has 0 saturated carbocycles. The summed E-state index contributed by atoms with van der Waals surface area (Å²) >= 11 is 5.82. The Morgan fingerprint density at radius 2 is 2.00 bits per heavy atom. The molecule has 0 atom stereocenters. The Bertz CT molecular complexity index is 1020. The van der Waals surface area contributed by atoms with E-state index in [0.29, 0.717) is 40.8 Å². The standard InChI is InChI=1S/C18H14ClN5O2/c19-12-1-2-14(21-9-12)18(26)24-8-5-13-15(10-24)22-16(23-17(13)25)11-3-6-20-7-4-11/h1-4,6-7,9H,5,8,10H2,(H,22,23,25). The van der Waals surface area contributed by atoms with Crippen LogP contribution in [0.1, 0.15) is 21.7 Å². The third-order valence-electron chi connectivity index (χ3n) is 4.26. The van der Waals surface area contributed by atoms with E-state index < -0.39 is 0 Å². The van der Waals surface area contributed by atoms with Crippen LogP contribution in [0.4, 0.5) is 0 Å². The van der Waals surface area contributed by atoms with Crippen molar-refractivity contribution in [3.05, 3.63) is 75.2 Å². The summed E-state index contributed by atoms with van der Waals surface area (Å²) < 4.78 is 0. The fourth-order valence-corrected chi connectivity index (χ4v) is 3.04. The van der Waals surface area contributed by atoms with Crippen LogP contribution >= 0.6 is 11.6 Å². The molecule has 4 heterocycles. The Hall–Kier alpha value is -3.06. The van der Waals surface area contributed by atoms with Gasteiger partial charge in [-0.15, -0.1) is 0 Å². The van der Waals surface area contributed by atoms with E-state index in [1.165, 1.54) is 6.20 Å². The molecule has 3 aromatic heterocycles. The van der Waals surface area contributed by atoms with Gasteiger partial charge in [-0.25, -0.2) is 9.97 Å². The van der Waals surface area contributed by atoms with Crippen LogP contribution in [0, 0.1) is 0 Å². The molecular weight excluding hydrogens is 354 g/mol. The molecule has 0 saturated heterocycles. The summed E-state index contributed by atoms with van der Waals surface area (Å²) in [5.41, 5.74) is 2.14. The lowest BCUT2D eigenvalue weighted by atomic mass is 10.1. The van der Waals surface area contributed by atoms with Crippen LogP contribution in [-0.2, 0) is 13.0 Å². The van der Waals surface area contributed by atoms with E-state index in [0.717, 1.165) is 5.56 Å². The maximum absolute atomic E-state index is 12.7. The van der Waals surface area contributed by atoms with Crippen LogP contribution in [0.15, 0.2) is 47.7 Å². The maximum Gasteiger partial charge on any atom is 0.272 e. The third kappa shape index (κ3) is 3.09. The zero-order chi connectivity index (χ0) is 18.1. The van der Waals surface area contributed by atoms with Crippen LogP contribution in [0.25, 0.3) is 11.4 Å². The van der Waals surface area contributed by atoms with E-state index in [2.05, 4.69) is 19.9 Å². The van der Waals surface area contributed by atoms with E-state index in [9.17, 15) is 9.59 Å². The predicted octanol–water partition coefficient (Wildman–Crippen LogP) is 2.08. The molecule has 0 spiro atoms. The second-order valence-electron chi connectivity index (χ2n) is 5.91. The molecule has 0 radical (unpaired) electrons. The number of carbonyl (C=O) groups excluding carboxylic acids is 1. The summed E-state index contributed by atoms with van der Waals surface area (Å²) in [6, 6.07) is 6.76. The fraction of sp³-hybridized carbons (Fsp3) is 0.167. The first-order valence-electron chi connectivity index (χ1n) is 8.05. The molecule has 26 heavy (non-hydrogen) atoms. The van der Waals surface area contributed by atoms with E-state index >= 15 is 0 Å². The van der Waals surface area contributed by atoms with Crippen molar-refractivity contribution >= 4 is 17.5 Å². The van der Waals surface area contributed by atoms with E-state index in [1.807, 2.05) is 0 Å². The normalized spacial score (nSPS) is 13.3. The largest absolute Gasteiger partial charge is 0.331 e. The Labute approximate surface area is 153 Å². The van der Waals surface area contributed by atoms with Gasteiger partial charge in [0.1, 0.15) is 11.5 Å². The smallest absolute Gasteiger partial charge is 0.272 e. The van der Waals surface area contributed by atoms with Crippen molar-refractivity contribution in [1.29, 1.82) is 0 Å². The molecule has 1 aliphatic heterocycles. The van der Waals surface area contributed by atoms with Gasteiger partial charge in [-0.3, -0.25) is 14.6 Å². The van der Waals surface area contributed by atoms with Crippen molar-refractivity contribution in [2.24, 2.45) is 0 Å². The number of rotatable bonds is 2. The van der Waals surface area contributed by atoms with Gasteiger partial charge in [0.15, 0.2) is 0 Å². The minimum atomic E-state index is -0.208. The number of halogens is 1. The van der Waals surface area contributed by atoms with Crippen molar-refractivity contribution in [2.75, 3.05) is 6.54 Å². The second-order valence-corrected chi connectivity index (χ2v) is 6.35. The van der Waals surface area contributed by atoms with Gasteiger partial charge in [-0.05, 0) is 30.7 Å². The number of nitrogens with zero attached hydrogens (tertiary/aromatic N) is 4. The summed E-state index contributed by atoms with van der Waals surface area (Å²) in [5.74, 6) is 0.259. The zero-order valence-electron chi connectivity index (χ0n) is 13.6. The number of aromatic amines is 1. The number of pyridine rings is 2. The minimum absolute atomic E-state index is 0.168. The fourth-order valence-electron chi connectivity index (χ4n) is 2.92. The number of amides is 1. The Balaban J connectivity index is 1.65. The quantitative estimate of drug-likeness (QED) is 0.748. The molecule has 1 N–H and O–H groups in total. The van der Waals surface area contributed by atoms with E-state index in [4.69, 9.17) is 11.6 Å². The molecule has 0 unspecified atom stereocenters. The van der Waals surface area contributed by atoms with Crippen LogP contribution < -0.4 is 5.56 Å². The molecule has 4 rings (SSSR count). The lowest BCUT2D eigenvalue weighted by Gasteiger charge is -2.27. The molecule has 0 aromatic carbocycles. The second kappa shape index (κ2) is 6.68. The number of carbonyl (C=O) groups is 1. The molecule has 1 aliphatic rings. The molecule has 0 aliphatic carbocycles. The molecule has 130 valence electrons. The highest BCUT2D eigenvalue weighted by atomic mass is 35.5. The molecule has 1 amide bonds. The van der Waals surface area contributed by atoms with Crippen molar-refractivity contribution in [3.63, 3.8) is 0 Å². The Morgan fingerprint density at radius 1 is 1.19 bits per heavy atom. The SMILES string of the molecule is O=C(c1ccc(Cl)cn1)N1CCc2c(nc(-c3ccncc3)[nH]c2=O)C1. The molecule has 8 heteroatoms.